The van der Waals surface area contributed by atoms with Crippen molar-refractivity contribution in [2.75, 3.05) is 25.1 Å². The Labute approximate surface area is 172 Å². The standard InChI is InChI=1S/C21H20ClNO6/c1-2-27-21(26)16-5-3-4-6-17(16)23-19(24)12-29-20(25)14-9-13-10-15(22)7-8-18(13)28-11-14/h3-8,10,14H,2,9,11-12H2,1H3,(H,23,24)/t14-/m0/s1. The van der Waals surface area contributed by atoms with Crippen LogP contribution < -0.4 is 10.1 Å². The van der Waals surface area contributed by atoms with Crippen LogP contribution in [-0.2, 0) is 25.5 Å². The van der Waals surface area contributed by atoms with E-state index >= 15 is 0 Å². The molecule has 3 rings (SSSR count). The van der Waals surface area contributed by atoms with Crippen molar-refractivity contribution in [2.45, 2.75) is 13.3 Å². The van der Waals surface area contributed by atoms with Crippen molar-refractivity contribution >= 4 is 35.1 Å². The molecule has 1 atom stereocenters. The molecule has 0 spiro atoms. The van der Waals surface area contributed by atoms with Gasteiger partial charge in [0.15, 0.2) is 6.61 Å². The summed E-state index contributed by atoms with van der Waals surface area (Å²) in [7, 11) is 0. The predicted molar refractivity (Wildman–Crippen MR) is 106 cm³/mol. The zero-order valence-corrected chi connectivity index (χ0v) is 16.5. The van der Waals surface area contributed by atoms with Gasteiger partial charge in [-0.3, -0.25) is 9.59 Å². The molecule has 2 aromatic carbocycles. The fraction of sp³-hybridized carbons (Fsp3) is 0.286. The first-order chi connectivity index (χ1) is 14.0. The van der Waals surface area contributed by atoms with Crippen LogP contribution in [0.15, 0.2) is 42.5 Å². The number of carbonyl (C=O) groups is 3. The van der Waals surface area contributed by atoms with Crippen molar-refractivity contribution in [1.82, 2.24) is 0 Å². The number of rotatable bonds is 6. The van der Waals surface area contributed by atoms with Crippen LogP contribution in [0.5, 0.6) is 5.75 Å². The second-order valence-electron chi connectivity index (χ2n) is 6.39. The van der Waals surface area contributed by atoms with E-state index in [2.05, 4.69) is 5.32 Å². The van der Waals surface area contributed by atoms with Gasteiger partial charge in [0.2, 0.25) is 0 Å². The lowest BCUT2D eigenvalue weighted by molar-refractivity contribution is -0.152. The third kappa shape index (κ3) is 5.26. The molecule has 2 aromatic rings. The highest BCUT2D eigenvalue weighted by molar-refractivity contribution is 6.30. The molecule has 0 saturated heterocycles. The van der Waals surface area contributed by atoms with Gasteiger partial charge in [-0.05, 0) is 49.2 Å². The molecule has 29 heavy (non-hydrogen) atoms. The Kier molecular flexibility index (Phi) is 6.72. The minimum Gasteiger partial charge on any atom is -0.492 e. The number of esters is 2. The van der Waals surface area contributed by atoms with Crippen molar-refractivity contribution in [2.24, 2.45) is 5.92 Å². The topological polar surface area (TPSA) is 90.9 Å². The number of anilines is 1. The summed E-state index contributed by atoms with van der Waals surface area (Å²) in [6.45, 7) is 1.60. The van der Waals surface area contributed by atoms with Gasteiger partial charge < -0.3 is 19.5 Å². The van der Waals surface area contributed by atoms with Gasteiger partial charge in [-0.1, -0.05) is 23.7 Å². The monoisotopic (exact) mass is 417 g/mol. The van der Waals surface area contributed by atoms with Crippen molar-refractivity contribution in [3.8, 4) is 5.75 Å². The van der Waals surface area contributed by atoms with E-state index in [4.69, 9.17) is 25.8 Å². The van der Waals surface area contributed by atoms with Crippen LogP contribution in [-0.4, -0.2) is 37.7 Å². The summed E-state index contributed by atoms with van der Waals surface area (Å²) in [6, 6.07) is 11.7. The molecule has 152 valence electrons. The molecule has 0 aromatic heterocycles. The minimum atomic E-state index is -0.560. The Balaban J connectivity index is 1.55. The first-order valence-corrected chi connectivity index (χ1v) is 9.49. The highest BCUT2D eigenvalue weighted by atomic mass is 35.5. The van der Waals surface area contributed by atoms with E-state index in [1.807, 2.05) is 0 Å². The molecular formula is C21H20ClNO6. The molecular weight excluding hydrogens is 398 g/mol. The van der Waals surface area contributed by atoms with E-state index in [1.165, 1.54) is 0 Å². The first kappa shape index (κ1) is 20.7. The molecule has 1 N–H and O–H groups in total. The lowest BCUT2D eigenvalue weighted by atomic mass is 9.97. The number of carbonyl (C=O) groups excluding carboxylic acids is 3. The minimum absolute atomic E-state index is 0.167. The summed E-state index contributed by atoms with van der Waals surface area (Å²) in [4.78, 5) is 36.5. The maximum Gasteiger partial charge on any atom is 0.340 e. The maximum atomic E-state index is 12.3. The van der Waals surface area contributed by atoms with E-state index < -0.39 is 30.4 Å². The van der Waals surface area contributed by atoms with Crippen LogP contribution in [0.25, 0.3) is 0 Å². The van der Waals surface area contributed by atoms with E-state index in [0.29, 0.717) is 17.2 Å². The van der Waals surface area contributed by atoms with Gasteiger partial charge in [-0.15, -0.1) is 0 Å². The largest absolute Gasteiger partial charge is 0.492 e. The van der Waals surface area contributed by atoms with Crippen molar-refractivity contribution in [3.63, 3.8) is 0 Å². The molecule has 0 radical (unpaired) electrons. The fourth-order valence-electron chi connectivity index (χ4n) is 2.93. The Morgan fingerprint density at radius 1 is 1.17 bits per heavy atom. The second kappa shape index (κ2) is 9.43. The summed E-state index contributed by atoms with van der Waals surface area (Å²) in [5.41, 5.74) is 1.33. The Hall–Kier alpha value is -3.06. The molecule has 7 nitrogen and oxygen atoms in total. The predicted octanol–water partition coefficient (Wildman–Crippen LogP) is 3.25. The zero-order valence-electron chi connectivity index (χ0n) is 15.8. The number of nitrogens with one attached hydrogen (secondary N) is 1. The molecule has 0 unspecified atom stereocenters. The molecule has 1 heterocycles. The quantitative estimate of drug-likeness (QED) is 0.725. The maximum absolute atomic E-state index is 12.3. The highest BCUT2D eigenvalue weighted by Crippen LogP contribution is 2.30. The van der Waals surface area contributed by atoms with E-state index in [0.717, 1.165) is 5.56 Å². The van der Waals surface area contributed by atoms with Crippen molar-refractivity contribution in [1.29, 1.82) is 0 Å². The van der Waals surface area contributed by atoms with Gasteiger partial charge in [0.1, 0.15) is 12.4 Å². The summed E-state index contributed by atoms with van der Waals surface area (Å²) in [6.07, 6.45) is 0.419. The third-order valence-electron chi connectivity index (χ3n) is 4.30. The highest BCUT2D eigenvalue weighted by Gasteiger charge is 2.28. The van der Waals surface area contributed by atoms with E-state index in [-0.39, 0.29) is 24.5 Å². The van der Waals surface area contributed by atoms with Gasteiger partial charge in [0.05, 0.1) is 23.8 Å². The lowest BCUT2D eigenvalue weighted by Gasteiger charge is -2.24. The SMILES string of the molecule is CCOC(=O)c1ccccc1NC(=O)COC(=O)[C@@H]1COc2ccc(Cl)cc2C1. The number of para-hydroxylation sites is 1. The van der Waals surface area contributed by atoms with Crippen molar-refractivity contribution < 1.29 is 28.6 Å². The molecule has 0 fully saturated rings. The molecule has 0 aliphatic carbocycles. The lowest BCUT2D eigenvalue weighted by Crippen LogP contribution is -2.32. The average Bonchev–Trinajstić information content (AvgIpc) is 2.72. The number of fused-ring (bicyclic) bond motifs is 1. The molecule has 1 amide bonds. The Bertz CT molecular complexity index is 929. The molecule has 0 bridgehead atoms. The molecule has 1 aliphatic rings. The van der Waals surface area contributed by atoms with Gasteiger partial charge >= 0.3 is 11.9 Å². The van der Waals surface area contributed by atoms with Crippen LogP contribution in [0.2, 0.25) is 5.02 Å². The molecule has 0 saturated carbocycles. The number of benzene rings is 2. The van der Waals surface area contributed by atoms with Gasteiger partial charge in [0, 0.05) is 5.02 Å². The summed E-state index contributed by atoms with van der Waals surface area (Å²) in [5, 5.41) is 3.12. The molecule has 8 heteroatoms. The van der Waals surface area contributed by atoms with Crippen LogP contribution in [0, 0.1) is 5.92 Å². The number of amides is 1. The number of hydrogen-bond donors (Lipinski definition) is 1. The molecule has 1 aliphatic heterocycles. The van der Waals surface area contributed by atoms with Gasteiger partial charge in [-0.25, -0.2) is 4.79 Å². The van der Waals surface area contributed by atoms with Crippen molar-refractivity contribution in [3.05, 3.63) is 58.6 Å². The Morgan fingerprint density at radius 2 is 1.97 bits per heavy atom. The summed E-state index contributed by atoms with van der Waals surface area (Å²) in [5.74, 6) is -1.48. The van der Waals surface area contributed by atoms with Crippen LogP contribution in [0.4, 0.5) is 5.69 Å². The fourth-order valence-corrected chi connectivity index (χ4v) is 3.13. The number of hydrogen-bond acceptors (Lipinski definition) is 6. The first-order valence-electron chi connectivity index (χ1n) is 9.11. The van der Waals surface area contributed by atoms with E-state index in [1.54, 1.807) is 49.4 Å². The average molecular weight is 418 g/mol. The van der Waals surface area contributed by atoms with Crippen LogP contribution >= 0.6 is 11.6 Å². The van der Waals surface area contributed by atoms with Crippen LogP contribution in [0.1, 0.15) is 22.8 Å². The Morgan fingerprint density at radius 3 is 2.76 bits per heavy atom. The summed E-state index contributed by atoms with van der Waals surface area (Å²) >= 11 is 5.98. The van der Waals surface area contributed by atoms with Gasteiger partial charge in [0.25, 0.3) is 5.91 Å². The summed E-state index contributed by atoms with van der Waals surface area (Å²) < 4.78 is 15.7. The third-order valence-corrected chi connectivity index (χ3v) is 4.54. The normalized spacial score (nSPS) is 14.9. The number of halogens is 1. The zero-order chi connectivity index (χ0) is 20.8. The smallest absolute Gasteiger partial charge is 0.340 e. The van der Waals surface area contributed by atoms with Gasteiger partial charge in [-0.2, -0.15) is 0 Å². The van der Waals surface area contributed by atoms with E-state index in [9.17, 15) is 14.4 Å². The second-order valence-corrected chi connectivity index (χ2v) is 6.82. The van der Waals surface area contributed by atoms with Crippen LogP contribution in [0.3, 0.4) is 0 Å². The number of ether oxygens (including phenoxy) is 3.